The average Bonchev–Trinajstić information content (AvgIpc) is 2.35. The fraction of sp³-hybridized carbons (Fsp3) is 0. The molecule has 12 heavy (non-hydrogen) atoms. The minimum atomic E-state index is -0.258. The number of anilines is 1. The summed E-state index contributed by atoms with van der Waals surface area (Å²) in [4.78, 5) is 0. The van der Waals surface area contributed by atoms with Crippen LogP contribution in [0.1, 0.15) is 0 Å². The summed E-state index contributed by atoms with van der Waals surface area (Å²) in [5.41, 5.74) is 6.16. The lowest BCUT2D eigenvalue weighted by Crippen LogP contribution is -1.85. The second-order valence-corrected chi connectivity index (χ2v) is 3.58. The molecule has 0 aliphatic carbocycles. The van der Waals surface area contributed by atoms with Crippen molar-refractivity contribution in [2.75, 3.05) is 5.73 Å². The molecule has 2 aromatic rings. The number of hydrogen-bond donors (Lipinski definition) is 2. The van der Waals surface area contributed by atoms with E-state index < -0.39 is 0 Å². The van der Waals surface area contributed by atoms with Crippen LogP contribution in [0.3, 0.4) is 0 Å². The normalized spacial score (nSPS) is 10.8. The third kappa shape index (κ3) is 1.04. The molecule has 5 heteroatoms. The summed E-state index contributed by atoms with van der Waals surface area (Å²) in [7, 11) is 0. The van der Waals surface area contributed by atoms with E-state index in [1.807, 2.05) is 22.6 Å². The first-order valence-corrected chi connectivity index (χ1v) is 4.35. The Morgan fingerprint density at radius 3 is 3.00 bits per heavy atom. The summed E-state index contributed by atoms with van der Waals surface area (Å²) in [5.74, 6) is 0.148. The zero-order chi connectivity index (χ0) is 8.72. The molecule has 3 N–H and O–H groups in total. The van der Waals surface area contributed by atoms with Crippen LogP contribution in [0.5, 0.6) is 0 Å². The molecular weight excluding hydrogens is 272 g/mol. The van der Waals surface area contributed by atoms with Crippen LogP contribution < -0.4 is 5.73 Å². The topological polar surface area (TPSA) is 54.7 Å². The molecule has 0 amide bonds. The Morgan fingerprint density at radius 2 is 2.25 bits per heavy atom. The summed E-state index contributed by atoms with van der Waals surface area (Å²) in [5, 5.41) is 7.16. The maximum absolute atomic E-state index is 13.0. The van der Waals surface area contributed by atoms with E-state index in [2.05, 4.69) is 10.2 Å². The van der Waals surface area contributed by atoms with Crippen molar-refractivity contribution in [2.45, 2.75) is 0 Å². The quantitative estimate of drug-likeness (QED) is 0.722. The van der Waals surface area contributed by atoms with Gasteiger partial charge in [-0.05, 0) is 28.7 Å². The standard InChI is InChI=1S/C7H5FIN3/c8-4-2-6-3(1-5(4)9)7(10)12-11-6/h1-2H,(H3,10,11,12). The van der Waals surface area contributed by atoms with Gasteiger partial charge >= 0.3 is 0 Å². The molecule has 3 nitrogen and oxygen atoms in total. The number of halogens is 2. The van der Waals surface area contributed by atoms with Gasteiger partial charge in [0.05, 0.1) is 5.52 Å². The number of H-pyrrole nitrogens is 1. The van der Waals surface area contributed by atoms with Crippen molar-refractivity contribution >= 4 is 39.3 Å². The van der Waals surface area contributed by atoms with Crippen LogP contribution in [0, 0.1) is 9.39 Å². The van der Waals surface area contributed by atoms with Crippen molar-refractivity contribution in [2.24, 2.45) is 0 Å². The predicted octanol–water partition coefficient (Wildman–Crippen LogP) is 1.89. The highest BCUT2D eigenvalue weighted by molar-refractivity contribution is 14.1. The summed E-state index contributed by atoms with van der Waals surface area (Å²) in [6.45, 7) is 0. The molecule has 0 spiro atoms. The number of aromatic nitrogens is 2. The summed E-state index contributed by atoms with van der Waals surface area (Å²) >= 11 is 1.91. The zero-order valence-electron chi connectivity index (χ0n) is 5.94. The lowest BCUT2D eigenvalue weighted by atomic mass is 10.2. The Kier molecular flexibility index (Phi) is 1.67. The van der Waals surface area contributed by atoms with Gasteiger partial charge in [0.25, 0.3) is 0 Å². The number of nitrogens with one attached hydrogen (secondary N) is 1. The highest BCUT2D eigenvalue weighted by atomic mass is 127. The third-order valence-corrected chi connectivity index (χ3v) is 2.46. The number of aromatic amines is 1. The minimum absolute atomic E-state index is 0.258. The Labute approximate surface area is 81.3 Å². The largest absolute Gasteiger partial charge is 0.382 e. The SMILES string of the molecule is Nc1n[nH]c2cc(F)c(I)cc12. The number of hydrogen-bond acceptors (Lipinski definition) is 2. The van der Waals surface area contributed by atoms with Crippen molar-refractivity contribution < 1.29 is 4.39 Å². The molecule has 0 saturated carbocycles. The van der Waals surface area contributed by atoms with E-state index in [4.69, 9.17) is 5.73 Å². The Balaban J connectivity index is 2.87. The van der Waals surface area contributed by atoms with E-state index in [0.717, 1.165) is 5.39 Å². The minimum Gasteiger partial charge on any atom is -0.382 e. The Hall–Kier alpha value is -0.850. The van der Waals surface area contributed by atoms with Crippen LogP contribution in [0.15, 0.2) is 12.1 Å². The van der Waals surface area contributed by atoms with Crippen LogP contribution >= 0.6 is 22.6 Å². The monoisotopic (exact) mass is 277 g/mol. The van der Waals surface area contributed by atoms with Gasteiger partial charge in [0.2, 0.25) is 0 Å². The van der Waals surface area contributed by atoms with Crippen molar-refractivity contribution in [1.29, 1.82) is 0 Å². The van der Waals surface area contributed by atoms with Gasteiger partial charge in [-0.1, -0.05) is 0 Å². The van der Waals surface area contributed by atoms with Gasteiger partial charge < -0.3 is 5.73 Å². The maximum Gasteiger partial charge on any atom is 0.153 e. The Bertz CT molecular complexity index is 437. The molecule has 1 heterocycles. The molecule has 0 unspecified atom stereocenters. The van der Waals surface area contributed by atoms with Gasteiger partial charge in [-0.2, -0.15) is 5.10 Å². The molecule has 1 aromatic heterocycles. The van der Waals surface area contributed by atoms with Crippen molar-refractivity contribution in [3.63, 3.8) is 0 Å². The maximum atomic E-state index is 13.0. The molecule has 0 saturated heterocycles. The van der Waals surface area contributed by atoms with E-state index in [0.29, 0.717) is 14.9 Å². The van der Waals surface area contributed by atoms with Gasteiger partial charge in [-0.3, -0.25) is 5.10 Å². The number of nitrogen functional groups attached to an aromatic ring is 1. The van der Waals surface area contributed by atoms with E-state index in [1.54, 1.807) is 6.07 Å². The first kappa shape index (κ1) is 7.78. The van der Waals surface area contributed by atoms with E-state index in [-0.39, 0.29) is 5.82 Å². The number of rotatable bonds is 0. The summed E-state index contributed by atoms with van der Waals surface area (Å²) in [6.07, 6.45) is 0. The van der Waals surface area contributed by atoms with Gasteiger partial charge in [0, 0.05) is 15.0 Å². The number of nitrogens with two attached hydrogens (primary N) is 1. The van der Waals surface area contributed by atoms with Gasteiger partial charge in [0.1, 0.15) is 5.82 Å². The van der Waals surface area contributed by atoms with E-state index >= 15 is 0 Å². The fourth-order valence-corrected chi connectivity index (χ4v) is 1.50. The van der Waals surface area contributed by atoms with Gasteiger partial charge in [-0.25, -0.2) is 4.39 Å². The molecule has 0 radical (unpaired) electrons. The van der Waals surface area contributed by atoms with Gasteiger partial charge in [0.15, 0.2) is 5.82 Å². The molecule has 0 aliphatic rings. The van der Waals surface area contributed by atoms with Crippen LogP contribution in [0.2, 0.25) is 0 Å². The van der Waals surface area contributed by atoms with Crippen LogP contribution in [-0.4, -0.2) is 10.2 Å². The van der Waals surface area contributed by atoms with Crippen molar-refractivity contribution in [3.8, 4) is 0 Å². The molecular formula is C7H5FIN3. The van der Waals surface area contributed by atoms with Crippen LogP contribution in [0.4, 0.5) is 10.2 Å². The Morgan fingerprint density at radius 1 is 1.50 bits per heavy atom. The lowest BCUT2D eigenvalue weighted by molar-refractivity contribution is 0.622. The zero-order valence-corrected chi connectivity index (χ0v) is 8.09. The molecule has 2 rings (SSSR count). The van der Waals surface area contributed by atoms with Crippen LogP contribution in [-0.2, 0) is 0 Å². The number of benzene rings is 1. The molecule has 0 atom stereocenters. The molecule has 1 aromatic carbocycles. The molecule has 0 fully saturated rings. The molecule has 0 bridgehead atoms. The number of nitrogens with zero attached hydrogens (tertiary/aromatic N) is 1. The number of fused-ring (bicyclic) bond motifs is 1. The highest BCUT2D eigenvalue weighted by Gasteiger charge is 2.06. The highest BCUT2D eigenvalue weighted by Crippen LogP contribution is 2.22. The van der Waals surface area contributed by atoms with Gasteiger partial charge in [-0.15, -0.1) is 0 Å². The van der Waals surface area contributed by atoms with Crippen LogP contribution in [0.25, 0.3) is 10.9 Å². The van der Waals surface area contributed by atoms with Crippen molar-refractivity contribution in [1.82, 2.24) is 10.2 Å². The second-order valence-electron chi connectivity index (χ2n) is 2.42. The van der Waals surface area contributed by atoms with E-state index in [9.17, 15) is 4.39 Å². The lowest BCUT2D eigenvalue weighted by Gasteiger charge is -1.93. The molecule has 0 aliphatic heterocycles. The smallest absolute Gasteiger partial charge is 0.153 e. The average molecular weight is 277 g/mol. The second kappa shape index (κ2) is 2.58. The van der Waals surface area contributed by atoms with E-state index in [1.165, 1.54) is 6.07 Å². The fourth-order valence-electron chi connectivity index (χ4n) is 1.03. The predicted molar refractivity (Wildman–Crippen MR) is 53.2 cm³/mol. The third-order valence-electron chi connectivity index (χ3n) is 1.63. The molecule has 62 valence electrons. The summed E-state index contributed by atoms with van der Waals surface area (Å²) in [6, 6.07) is 3.06. The van der Waals surface area contributed by atoms with Crippen molar-refractivity contribution in [3.05, 3.63) is 21.5 Å². The first-order chi connectivity index (χ1) is 5.68. The first-order valence-electron chi connectivity index (χ1n) is 3.27. The summed E-state index contributed by atoms with van der Waals surface area (Å²) < 4.78 is 13.5.